The lowest BCUT2D eigenvalue weighted by molar-refractivity contribution is -0.143. The largest absolute Gasteiger partial charge is 0.485 e. The van der Waals surface area contributed by atoms with Gasteiger partial charge < -0.3 is 24.0 Å². The smallest absolute Gasteiger partial charge is 0.267 e. The second kappa shape index (κ2) is 7.92. The van der Waals surface area contributed by atoms with Gasteiger partial charge in [-0.05, 0) is 25.0 Å². The molecule has 2 atom stereocenters. The second-order valence-electron chi connectivity index (χ2n) is 7.11. The van der Waals surface area contributed by atoms with Gasteiger partial charge >= 0.3 is 0 Å². The fourth-order valence-corrected chi connectivity index (χ4v) is 3.45. The molecule has 1 fully saturated rings. The van der Waals surface area contributed by atoms with Crippen LogP contribution in [0.25, 0.3) is 0 Å². The summed E-state index contributed by atoms with van der Waals surface area (Å²) >= 11 is 0. The maximum atomic E-state index is 13.0. The Morgan fingerprint density at radius 1 is 1.21 bits per heavy atom. The number of benzene rings is 1. The van der Waals surface area contributed by atoms with E-state index in [-0.39, 0.29) is 18.6 Å². The van der Waals surface area contributed by atoms with E-state index in [1.165, 1.54) is 0 Å². The number of ether oxygens (including phenoxy) is 3. The van der Waals surface area contributed by atoms with E-state index in [1.54, 1.807) is 17.3 Å². The topological polar surface area (TPSA) is 77.0 Å². The number of piperidine rings is 1. The fraction of sp³-hybridized carbons (Fsp3) is 0.450. The van der Waals surface area contributed by atoms with Crippen LogP contribution in [0.1, 0.15) is 12.8 Å². The van der Waals surface area contributed by atoms with Gasteiger partial charge in [-0.1, -0.05) is 12.1 Å². The van der Waals surface area contributed by atoms with Gasteiger partial charge in [0.25, 0.3) is 11.8 Å². The van der Waals surface area contributed by atoms with Crippen molar-refractivity contribution in [3.63, 3.8) is 0 Å². The molecule has 2 aliphatic rings. The molecular weight excluding hydrogens is 360 g/mol. The third kappa shape index (κ3) is 3.81. The Labute approximate surface area is 164 Å². The van der Waals surface area contributed by atoms with Gasteiger partial charge in [0.05, 0.1) is 6.54 Å². The van der Waals surface area contributed by atoms with E-state index in [0.29, 0.717) is 36.3 Å². The average Bonchev–Trinajstić information content (AvgIpc) is 2.73. The quantitative estimate of drug-likeness (QED) is 0.795. The molecule has 1 aromatic heterocycles. The standard InChI is InChI=1S/C20H24N4O4/c1-23(2)18-19(22-10-9-21-18)27-14-6-5-11-24(12-14)20(25)17-13-26-15-7-3-4-8-16(15)28-17/h3-4,7-10,14,17H,5-6,11-13H2,1-2H3. The zero-order valence-electron chi connectivity index (χ0n) is 16.1. The number of carbonyl (C=O) groups is 1. The number of likely N-dealkylation sites (tertiary alicyclic amines) is 1. The lowest BCUT2D eigenvalue weighted by Gasteiger charge is -2.36. The normalized spacial score (nSPS) is 21.1. The van der Waals surface area contributed by atoms with E-state index in [2.05, 4.69) is 9.97 Å². The van der Waals surface area contributed by atoms with Gasteiger partial charge in [-0.15, -0.1) is 0 Å². The van der Waals surface area contributed by atoms with Crippen LogP contribution in [0, 0.1) is 0 Å². The summed E-state index contributed by atoms with van der Waals surface area (Å²) < 4.78 is 17.6. The first-order chi connectivity index (χ1) is 13.6. The Hall–Kier alpha value is -3.03. The van der Waals surface area contributed by atoms with Crippen LogP contribution in [0.5, 0.6) is 17.4 Å². The second-order valence-corrected chi connectivity index (χ2v) is 7.11. The number of carbonyl (C=O) groups excluding carboxylic acids is 1. The minimum absolute atomic E-state index is 0.0743. The van der Waals surface area contributed by atoms with E-state index < -0.39 is 6.10 Å². The number of fused-ring (bicyclic) bond motifs is 1. The van der Waals surface area contributed by atoms with Gasteiger partial charge in [-0.3, -0.25) is 4.79 Å². The van der Waals surface area contributed by atoms with E-state index in [1.807, 2.05) is 43.3 Å². The Kier molecular flexibility index (Phi) is 5.18. The summed E-state index contributed by atoms with van der Waals surface area (Å²) in [6.45, 7) is 1.39. The molecule has 1 saturated heterocycles. The van der Waals surface area contributed by atoms with Gasteiger partial charge in [-0.2, -0.15) is 0 Å². The highest BCUT2D eigenvalue weighted by molar-refractivity contribution is 5.82. The highest BCUT2D eigenvalue weighted by atomic mass is 16.6. The van der Waals surface area contributed by atoms with E-state index in [4.69, 9.17) is 14.2 Å². The lowest BCUT2D eigenvalue weighted by atomic mass is 10.1. The van der Waals surface area contributed by atoms with Crippen molar-refractivity contribution < 1.29 is 19.0 Å². The molecule has 0 bridgehead atoms. The van der Waals surface area contributed by atoms with E-state index in [9.17, 15) is 4.79 Å². The summed E-state index contributed by atoms with van der Waals surface area (Å²) in [6, 6.07) is 7.40. The number of aromatic nitrogens is 2. The van der Waals surface area contributed by atoms with Gasteiger partial charge in [0, 0.05) is 33.0 Å². The van der Waals surface area contributed by atoms with Crippen molar-refractivity contribution >= 4 is 11.7 Å². The number of para-hydroxylation sites is 2. The lowest BCUT2D eigenvalue weighted by Crippen LogP contribution is -2.51. The van der Waals surface area contributed by atoms with Crippen LogP contribution in [-0.2, 0) is 4.79 Å². The number of hydrogen-bond donors (Lipinski definition) is 0. The van der Waals surface area contributed by atoms with Crippen molar-refractivity contribution in [2.24, 2.45) is 0 Å². The summed E-state index contributed by atoms with van der Waals surface area (Å²) in [5.41, 5.74) is 0. The molecule has 148 valence electrons. The van der Waals surface area contributed by atoms with Gasteiger partial charge in [-0.25, -0.2) is 9.97 Å². The first-order valence-corrected chi connectivity index (χ1v) is 9.44. The molecular formula is C20H24N4O4. The van der Waals surface area contributed by atoms with Gasteiger partial charge in [0.1, 0.15) is 12.7 Å². The highest BCUT2D eigenvalue weighted by Crippen LogP contribution is 2.32. The van der Waals surface area contributed by atoms with Crippen LogP contribution in [0.3, 0.4) is 0 Å². The maximum absolute atomic E-state index is 13.0. The van der Waals surface area contributed by atoms with E-state index >= 15 is 0 Å². The molecule has 1 aromatic carbocycles. The molecule has 2 aromatic rings. The monoisotopic (exact) mass is 384 g/mol. The molecule has 2 unspecified atom stereocenters. The highest BCUT2D eigenvalue weighted by Gasteiger charge is 2.34. The molecule has 2 aliphatic heterocycles. The van der Waals surface area contributed by atoms with Crippen LogP contribution in [0.2, 0.25) is 0 Å². The average molecular weight is 384 g/mol. The number of rotatable bonds is 4. The Bertz CT molecular complexity index is 844. The van der Waals surface area contributed by atoms with Crippen molar-refractivity contribution in [2.45, 2.75) is 25.0 Å². The SMILES string of the molecule is CN(C)c1nccnc1OC1CCCN(C(=O)C2COc3ccccc3O2)C1. The van der Waals surface area contributed by atoms with Crippen LogP contribution in [0.4, 0.5) is 5.82 Å². The Morgan fingerprint density at radius 3 is 2.82 bits per heavy atom. The van der Waals surface area contributed by atoms with Crippen molar-refractivity contribution in [3.05, 3.63) is 36.7 Å². The third-order valence-electron chi connectivity index (χ3n) is 4.82. The van der Waals surface area contributed by atoms with Crippen molar-refractivity contribution in [1.29, 1.82) is 0 Å². The Morgan fingerprint density at radius 2 is 2.00 bits per heavy atom. The van der Waals surface area contributed by atoms with Crippen LogP contribution < -0.4 is 19.1 Å². The molecule has 0 aliphatic carbocycles. The Balaban J connectivity index is 1.41. The summed E-state index contributed by atoms with van der Waals surface area (Å²) in [5.74, 6) is 2.36. The van der Waals surface area contributed by atoms with E-state index in [0.717, 1.165) is 12.8 Å². The summed E-state index contributed by atoms with van der Waals surface area (Å²) in [5, 5.41) is 0. The van der Waals surface area contributed by atoms with Crippen LogP contribution in [-0.4, -0.2) is 66.8 Å². The third-order valence-corrected chi connectivity index (χ3v) is 4.82. The number of hydrogen-bond acceptors (Lipinski definition) is 7. The van der Waals surface area contributed by atoms with Gasteiger partial charge in [0.2, 0.25) is 6.10 Å². The minimum Gasteiger partial charge on any atom is -0.485 e. The summed E-state index contributed by atoms with van der Waals surface area (Å²) in [6.07, 6.45) is 4.19. The first kappa shape index (κ1) is 18.3. The number of amides is 1. The number of nitrogens with zero attached hydrogens (tertiary/aromatic N) is 4. The molecule has 0 radical (unpaired) electrons. The minimum atomic E-state index is -0.637. The fourth-order valence-electron chi connectivity index (χ4n) is 3.45. The molecule has 0 N–H and O–H groups in total. The zero-order chi connectivity index (χ0) is 19.5. The van der Waals surface area contributed by atoms with Crippen molar-refractivity contribution in [1.82, 2.24) is 14.9 Å². The van der Waals surface area contributed by atoms with Crippen LogP contribution in [0.15, 0.2) is 36.7 Å². The molecule has 28 heavy (non-hydrogen) atoms. The van der Waals surface area contributed by atoms with Crippen molar-refractivity contribution in [3.8, 4) is 17.4 Å². The predicted molar refractivity (Wildman–Crippen MR) is 103 cm³/mol. The molecule has 8 heteroatoms. The summed E-state index contributed by atoms with van der Waals surface area (Å²) in [7, 11) is 3.79. The molecule has 4 rings (SSSR count). The predicted octanol–water partition coefficient (Wildman–Crippen LogP) is 1.75. The first-order valence-electron chi connectivity index (χ1n) is 9.44. The number of anilines is 1. The molecule has 0 spiro atoms. The van der Waals surface area contributed by atoms with Gasteiger partial charge in [0.15, 0.2) is 17.3 Å². The molecule has 3 heterocycles. The maximum Gasteiger partial charge on any atom is 0.267 e. The molecule has 1 amide bonds. The molecule has 0 saturated carbocycles. The van der Waals surface area contributed by atoms with Crippen LogP contribution >= 0.6 is 0 Å². The molecule has 8 nitrogen and oxygen atoms in total. The summed E-state index contributed by atoms with van der Waals surface area (Å²) in [4.78, 5) is 25.2. The van der Waals surface area contributed by atoms with Crippen molar-refractivity contribution in [2.75, 3.05) is 38.7 Å². The zero-order valence-corrected chi connectivity index (χ0v) is 16.1.